The van der Waals surface area contributed by atoms with Gasteiger partial charge >= 0.3 is 6.03 Å². The van der Waals surface area contributed by atoms with Crippen molar-refractivity contribution in [2.24, 2.45) is 0 Å². The van der Waals surface area contributed by atoms with E-state index in [0.29, 0.717) is 32.6 Å². The summed E-state index contributed by atoms with van der Waals surface area (Å²) in [6.07, 6.45) is 2.53. The van der Waals surface area contributed by atoms with E-state index in [0.717, 1.165) is 35.1 Å². The minimum absolute atomic E-state index is 0.0824. The van der Waals surface area contributed by atoms with Crippen LogP contribution in [0.4, 0.5) is 13.6 Å². The zero-order valence-electron chi connectivity index (χ0n) is 17.5. The van der Waals surface area contributed by atoms with Crippen LogP contribution in [0, 0.1) is 11.6 Å². The Morgan fingerprint density at radius 1 is 1.13 bits per heavy atom. The third-order valence-corrected chi connectivity index (χ3v) is 5.68. The number of aromatic amines is 1. The number of rotatable bonds is 6. The van der Waals surface area contributed by atoms with Crippen molar-refractivity contribution in [1.29, 1.82) is 0 Å². The van der Waals surface area contributed by atoms with Crippen molar-refractivity contribution in [2.45, 2.75) is 13.0 Å². The zero-order valence-corrected chi connectivity index (χ0v) is 17.5. The molecular weight excluding hydrogens is 402 g/mol. The highest BCUT2D eigenvalue weighted by Crippen LogP contribution is 2.20. The lowest BCUT2D eigenvalue weighted by Crippen LogP contribution is -2.51. The van der Waals surface area contributed by atoms with Gasteiger partial charge in [-0.15, -0.1) is 0 Å². The van der Waals surface area contributed by atoms with Crippen LogP contribution in [0.25, 0.3) is 10.9 Å². The molecule has 0 bridgehead atoms. The number of hydrogen-bond donors (Lipinski definition) is 2. The number of benzene rings is 2. The van der Waals surface area contributed by atoms with Gasteiger partial charge < -0.3 is 19.9 Å². The van der Waals surface area contributed by atoms with Crippen molar-refractivity contribution in [3.05, 3.63) is 65.4 Å². The van der Waals surface area contributed by atoms with Gasteiger partial charge in [0, 0.05) is 56.4 Å². The highest BCUT2D eigenvalue weighted by Gasteiger charge is 2.21. The van der Waals surface area contributed by atoms with E-state index in [9.17, 15) is 13.6 Å². The van der Waals surface area contributed by atoms with Gasteiger partial charge in [-0.1, -0.05) is 6.07 Å². The fourth-order valence-corrected chi connectivity index (χ4v) is 3.96. The number of piperazine rings is 1. The quantitative estimate of drug-likeness (QED) is 0.632. The number of H-pyrrole nitrogens is 1. The highest BCUT2D eigenvalue weighted by molar-refractivity contribution is 5.83. The largest absolute Gasteiger partial charge is 0.494 e. The van der Waals surface area contributed by atoms with E-state index in [2.05, 4.69) is 15.2 Å². The predicted molar refractivity (Wildman–Crippen MR) is 115 cm³/mol. The molecule has 0 radical (unpaired) electrons. The van der Waals surface area contributed by atoms with Crippen molar-refractivity contribution in [2.75, 3.05) is 39.8 Å². The van der Waals surface area contributed by atoms with Crippen molar-refractivity contribution in [3.63, 3.8) is 0 Å². The van der Waals surface area contributed by atoms with E-state index in [4.69, 9.17) is 4.74 Å². The number of carbonyl (C=O) groups excluding carboxylic acids is 1. The molecule has 2 heterocycles. The summed E-state index contributed by atoms with van der Waals surface area (Å²) in [7, 11) is 1.45. The summed E-state index contributed by atoms with van der Waals surface area (Å²) in [5, 5.41) is 3.94. The molecule has 1 fully saturated rings. The molecule has 4 rings (SSSR count). The van der Waals surface area contributed by atoms with Crippen molar-refractivity contribution < 1.29 is 18.3 Å². The fraction of sp³-hybridized carbons (Fsp3) is 0.348. The summed E-state index contributed by atoms with van der Waals surface area (Å²) in [6, 6.07) is 9.58. The number of methoxy groups -OCH3 is 1. The van der Waals surface area contributed by atoms with E-state index >= 15 is 0 Å². The van der Waals surface area contributed by atoms with E-state index in [1.54, 1.807) is 17.0 Å². The van der Waals surface area contributed by atoms with Crippen LogP contribution in [-0.4, -0.2) is 60.6 Å². The standard InChI is InChI=1S/C23H26F2N4O2/c1-31-22-5-2-16(12-20(22)25)15-28-8-10-29(11-9-28)23(30)26-7-6-17-14-27-21-13-18(24)3-4-19(17)21/h2-5,12-14,27H,6-11,15H2,1H3,(H,26,30). The first-order chi connectivity index (χ1) is 15.0. The Morgan fingerprint density at radius 2 is 1.94 bits per heavy atom. The van der Waals surface area contributed by atoms with Crippen molar-refractivity contribution in [1.82, 2.24) is 20.1 Å². The molecule has 2 amide bonds. The summed E-state index contributed by atoms with van der Waals surface area (Å²) >= 11 is 0. The Kier molecular flexibility index (Phi) is 6.36. The van der Waals surface area contributed by atoms with Gasteiger partial charge in [0.2, 0.25) is 0 Å². The summed E-state index contributed by atoms with van der Waals surface area (Å²) < 4.78 is 32.1. The molecule has 1 aliphatic heterocycles. The van der Waals surface area contributed by atoms with Crippen LogP contribution in [-0.2, 0) is 13.0 Å². The normalized spacial score (nSPS) is 14.7. The number of halogens is 2. The van der Waals surface area contributed by atoms with Gasteiger partial charge in [0.1, 0.15) is 5.82 Å². The molecule has 0 spiro atoms. The van der Waals surface area contributed by atoms with Gasteiger partial charge in [-0.3, -0.25) is 4.90 Å². The molecular formula is C23H26F2N4O2. The van der Waals surface area contributed by atoms with Gasteiger partial charge in [-0.05, 0) is 47.9 Å². The summed E-state index contributed by atoms with van der Waals surface area (Å²) in [5.74, 6) is -0.395. The number of aromatic nitrogens is 1. The number of nitrogens with zero attached hydrogens (tertiary/aromatic N) is 2. The van der Waals surface area contributed by atoms with Crippen LogP contribution >= 0.6 is 0 Å². The van der Waals surface area contributed by atoms with Gasteiger partial charge in [0.05, 0.1) is 7.11 Å². The smallest absolute Gasteiger partial charge is 0.317 e. The van der Waals surface area contributed by atoms with Gasteiger partial charge in [-0.25, -0.2) is 13.6 Å². The Labute approximate surface area is 179 Å². The molecule has 1 aliphatic rings. The van der Waals surface area contributed by atoms with Gasteiger partial charge in [0.15, 0.2) is 11.6 Å². The van der Waals surface area contributed by atoms with Gasteiger partial charge in [-0.2, -0.15) is 0 Å². The molecule has 2 aromatic carbocycles. The summed E-state index contributed by atoms with van der Waals surface area (Å²) in [5.41, 5.74) is 2.69. The lowest BCUT2D eigenvalue weighted by atomic mass is 10.1. The second-order valence-electron chi connectivity index (χ2n) is 7.72. The first kappa shape index (κ1) is 21.1. The topological polar surface area (TPSA) is 60.6 Å². The predicted octanol–water partition coefficient (Wildman–Crippen LogP) is 3.52. The third kappa shape index (κ3) is 4.96. The first-order valence-corrected chi connectivity index (χ1v) is 10.4. The maximum absolute atomic E-state index is 13.9. The number of nitrogens with one attached hydrogen (secondary N) is 2. The second-order valence-corrected chi connectivity index (χ2v) is 7.72. The minimum Gasteiger partial charge on any atom is -0.494 e. The monoisotopic (exact) mass is 428 g/mol. The molecule has 0 aliphatic carbocycles. The van der Waals surface area contributed by atoms with Crippen LogP contribution in [0.2, 0.25) is 0 Å². The lowest BCUT2D eigenvalue weighted by Gasteiger charge is -2.34. The molecule has 8 heteroatoms. The molecule has 164 valence electrons. The Morgan fingerprint density at radius 3 is 2.68 bits per heavy atom. The highest BCUT2D eigenvalue weighted by atomic mass is 19.1. The van der Waals surface area contributed by atoms with Crippen LogP contribution in [0.3, 0.4) is 0 Å². The number of hydrogen-bond acceptors (Lipinski definition) is 3. The summed E-state index contributed by atoms with van der Waals surface area (Å²) in [4.78, 5) is 19.6. The molecule has 2 N–H and O–H groups in total. The van der Waals surface area contributed by atoms with Gasteiger partial charge in [0.25, 0.3) is 0 Å². The summed E-state index contributed by atoms with van der Waals surface area (Å²) in [6.45, 7) is 3.85. The number of fused-ring (bicyclic) bond motifs is 1. The fourth-order valence-electron chi connectivity index (χ4n) is 3.96. The number of ether oxygens (including phenoxy) is 1. The minimum atomic E-state index is -0.363. The molecule has 0 saturated carbocycles. The average Bonchev–Trinajstić information content (AvgIpc) is 3.16. The number of carbonyl (C=O) groups is 1. The zero-order chi connectivity index (χ0) is 21.8. The number of urea groups is 1. The van der Waals surface area contributed by atoms with E-state index in [-0.39, 0.29) is 23.4 Å². The van der Waals surface area contributed by atoms with Crippen molar-refractivity contribution in [3.8, 4) is 5.75 Å². The van der Waals surface area contributed by atoms with E-state index in [1.807, 2.05) is 12.3 Å². The number of amides is 2. The second kappa shape index (κ2) is 9.34. The van der Waals surface area contributed by atoms with E-state index in [1.165, 1.54) is 25.3 Å². The maximum atomic E-state index is 13.9. The molecule has 3 aromatic rings. The molecule has 0 unspecified atom stereocenters. The van der Waals surface area contributed by atoms with Crippen molar-refractivity contribution >= 4 is 16.9 Å². The third-order valence-electron chi connectivity index (χ3n) is 5.68. The maximum Gasteiger partial charge on any atom is 0.317 e. The first-order valence-electron chi connectivity index (χ1n) is 10.4. The Bertz CT molecular complexity index is 1060. The molecule has 1 saturated heterocycles. The van der Waals surface area contributed by atoms with E-state index < -0.39 is 0 Å². The average molecular weight is 428 g/mol. The van der Waals surface area contributed by atoms with Crippen LogP contribution in [0.15, 0.2) is 42.6 Å². The van der Waals surface area contributed by atoms with Crippen LogP contribution in [0.1, 0.15) is 11.1 Å². The molecule has 31 heavy (non-hydrogen) atoms. The molecule has 0 atom stereocenters. The van der Waals surface area contributed by atoms with Crippen LogP contribution < -0.4 is 10.1 Å². The Balaban J connectivity index is 1.22. The molecule has 6 nitrogen and oxygen atoms in total. The van der Waals surface area contributed by atoms with Crippen LogP contribution in [0.5, 0.6) is 5.75 Å². The molecule has 1 aromatic heterocycles. The lowest BCUT2D eigenvalue weighted by molar-refractivity contribution is 0.135. The SMILES string of the molecule is COc1ccc(CN2CCN(C(=O)NCCc3c[nH]c4cc(F)ccc34)CC2)cc1F. The Hall–Kier alpha value is -3.13.